The Morgan fingerprint density at radius 2 is 1.77 bits per heavy atom. The first kappa shape index (κ1) is 28.5. The molecule has 44 heavy (non-hydrogen) atoms. The number of hydrogen-bond acceptors (Lipinski definition) is 7. The van der Waals surface area contributed by atoms with E-state index in [1.54, 1.807) is 24.2 Å². The van der Waals surface area contributed by atoms with E-state index < -0.39 is 40.4 Å². The number of nitrogens with zero attached hydrogens (tertiary/aromatic N) is 3. The number of carbonyl (C=O) groups is 3. The van der Waals surface area contributed by atoms with E-state index in [1.807, 2.05) is 24.3 Å². The van der Waals surface area contributed by atoms with Crippen molar-refractivity contribution < 1.29 is 32.6 Å². The van der Waals surface area contributed by atoms with Crippen molar-refractivity contribution >= 4 is 29.2 Å². The minimum atomic E-state index is -1.19. The van der Waals surface area contributed by atoms with E-state index in [0.29, 0.717) is 37.6 Å². The number of halogens is 2. The van der Waals surface area contributed by atoms with Gasteiger partial charge < -0.3 is 25.0 Å². The van der Waals surface area contributed by atoms with E-state index in [0.717, 1.165) is 22.8 Å². The number of piperazine rings is 1. The van der Waals surface area contributed by atoms with E-state index in [-0.39, 0.29) is 37.8 Å². The SMILES string of the molecule is CN1CC(c2cc(F)cc(F)c2)N(CC(=O)Nc2ccc3c(c2)CC2(C3)C(=O)Nc3ncccc32)C(=O)C12COCCOC2. The van der Waals surface area contributed by atoms with Gasteiger partial charge in [0.25, 0.3) is 0 Å². The third kappa shape index (κ3) is 4.64. The lowest BCUT2D eigenvalue weighted by Gasteiger charge is -2.50. The minimum Gasteiger partial charge on any atom is -0.376 e. The van der Waals surface area contributed by atoms with Crippen molar-refractivity contribution in [2.45, 2.75) is 29.8 Å². The molecule has 228 valence electrons. The molecule has 0 radical (unpaired) electrons. The van der Waals surface area contributed by atoms with Crippen molar-refractivity contribution in [2.24, 2.45) is 0 Å². The smallest absolute Gasteiger partial charge is 0.248 e. The van der Waals surface area contributed by atoms with Gasteiger partial charge in [0.2, 0.25) is 17.7 Å². The van der Waals surface area contributed by atoms with E-state index in [4.69, 9.17) is 9.47 Å². The second kappa shape index (κ2) is 10.7. The Morgan fingerprint density at radius 1 is 1.05 bits per heavy atom. The molecule has 3 aliphatic heterocycles. The van der Waals surface area contributed by atoms with Crippen LogP contribution in [0, 0.1) is 11.6 Å². The number of pyridine rings is 1. The predicted molar refractivity (Wildman–Crippen MR) is 155 cm³/mol. The molecule has 1 aliphatic carbocycles. The molecule has 2 saturated heterocycles. The first-order chi connectivity index (χ1) is 21.2. The van der Waals surface area contributed by atoms with Gasteiger partial charge in [0.15, 0.2) is 0 Å². The van der Waals surface area contributed by atoms with Gasteiger partial charge in [-0.2, -0.15) is 0 Å². The first-order valence-electron chi connectivity index (χ1n) is 14.5. The van der Waals surface area contributed by atoms with Crippen molar-refractivity contribution in [3.8, 4) is 0 Å². The number of rotatable bonds is 4. The lowest BCUT2D eigenvalue weighted by atomic mass is 9.79. The third-order valence-corrected chi connectivity index (χ3v) is 9.31. The molecule has 3 amide bonds. The van der Waals surface area contributed by atoms with Crippen LogP contribution < -0.4 is 10.6 Å². The normalized spacial score (nSPS) is 24.2. The van der Waals surface area contributed by atoms with E-state index in [9.17, 15) is 23.2 Å². The summed E-state index contributed by atoms with van der Waals surface area (Å²) in [6.45, 7) is 0.608. The number of amides is 3. The molecule has 3 aromatic rings. The number of fused-ring (bicyclic) bond motifs is 3. The summed E-state index contributed by atoms with van der Waals surface area (Å²) >= 11 is 0. The highest BCUT2D eigenvalue weighted by atomic mass is 19.1. The van der Waals surface area contributed by atoms with Crippen LogP contribution >= 0.6 is 0 Å². The Balaban J connectivity index is 1.14. The van der Waals surface area contributed by atoms with Gasteiger partial charge in [0.1, 0.15) is 29.5 Å². The van der Waals surface area contributed by atoms with Crippen LogP contribution in [0.2, 0.25) is 0 Å². The second-order valence-electron chi connectivity index (χ2n) is 12.0. The highest BCUT2D eigenvalue weighted by Crippen LogP contribution is 2.47. The summed E-state index contributed by atoms with van der Waals surface area (Å²) in [6.07, 6.45) is 2.63. The maximum absolute atomic E-state index is 14.3. The maximum Gasteiger partial charge on any atom is 0.248 e. The van der Waals surface area contributed by atoms with Crippen molar-refractivity contribution in [1.29, 1.82) is 0 Å². The van der Waals surface area contributed by atoms with Gasteiger partial charge in [-0.15, -0.1) is 0 Å². The highest BCUT2D eigenvalue weighted by Gasteiger charge is 2.53. The Bertz CT molecular complexity index is 1660. The molecule has 2 aromatic carbocycles. The van der Waals surface area contributed by atoms with Crippen molar-refractivity contribution in [3.63, 3.8) is 0 Å². The summed E-state index contributed by atoms with van der Waals surface area (Å²) in [5.74, 6) is -1.96. The van der Waals surface area contributed by atoms with Gasteiger partial charge in [0, 0.05) is 30.1 Å². The molecule has 2 unspecified atom stereocenters. The van der Waals surface area contributed by atoms with E-state index in [1.165, 1.54) is 17.0 Å². The summed E-state index contributed by atoms with van der Waals surface area (Å²) in [7, 11) is 1.74. The van der Waals surface area contributed by atoms with Crippen molar-refractivity contribution in [2.75, 3.05) is 57.2 Å². The maximum atomic E-state index is 14.3. The fraction of sp³-hybridized carbons (Fsp3) is 0.375. The molecular weight excluding hydrogens is 572 g/mol. The molecule has 2 atom stereocenters. The lowest BCUT2D eigenvalue weighted by Crippen LogP contribution is -2.69. The summed E-state index contributed by atoms with van der Waals surface area (Å²) < 4.78 is 40.0. The zero-order valence-corrected chi connectivity index (χ0v) is 24.1. The number of benzene rings is 2. The van der Waals surface area contributed by atoms with Crippen LogP contribution in [0.3, 0.4) is 0 Å². The number of nitrogens with one attached hydrogen (secondary N) is 2. The summed E-state index contributed by atoms with van der Waals surface area (Å²) in [4.78, 5) is 48.2. The molecule has 4 aliphatic rings. The fourth-order valence-corrected chi connectivity index (χ4v) is 7.03. The van der Waals surface area contributed by atoms with Gasteiger partial charge in [0.05, 0.1) is 37.9 Å². The first-order valence-corrected chi connectivity index (χ1v) is 14.5. The van der Waals surface area contributed by atoms with Gasteiger partial charge in [-0.3, -0.25) is 19.3 Å². The molecule has 2 fully saturated rings. The van der Waals surface area contributed by atoms with Gasteiger partial charge in [-0.25, -0.2) is 13.8 Å². The molecule has 0 saturated carbocycles. The summed E-state index contributed by atoms with van der Waals surface area (Å²) in [5.41, 5.74) is 1.63. The molecule has 10 nitrogen and oxygen atoms in total. The van der Waals surface area contributed by atoms with Crippen LogP contribution in [-0.4, -0.2) is 84.6 Å². The molecular formula is C32H31F2N5O5. The Labute approximate surface area is 252 Å². The third-order valence-electron chi connectivity index (χ3n) is 9.31. The predicted octanol–water partition coefficient (Wildman–Crippen LogP) is 2.59. The topological polar surface area (TPSA) is 113 Å². The molecule has 4 heterocycles. The van der Waals surface area contributed by atoms with Crippen molar-refractivity contribution in [3.05, 3.63) is 88.6 Å². The standard InChI is InChI=1S/C32H31F2N5O5/c1-38-15-26(20-9-22(33)12-23(34)10-20)39(30(42)32(38)17-43-7-8-44-18-32)16-27(40)36-24-5-4-19-13-31(14-21(19)11-24)25-3-2-6-35-28(25)37-29(31)41/h2-6,9-12,26H,7-8,13-18H2,1H3,(H,36,40)(H,35,37,41). The summed E-state index contributed by atoms with van der Waals surface area (Å²) in [6, 6.07) is 11.6. The van der Waals surface area contributed by atoms with Crippen molar-refractivity contribution in [1.82, 2.24) is 14.8 Å². The molecule has 7 rings (SSSR count). The monoisotopic (exact) mass is 603 g/mol. The van der Waals surface area contributed by atoms with Gasteiger partial charge in [-0.1, -0.05) is 12.1 Å². The Hall–Kier alpha value is -4.26. The van der Waals surface area contributed by atoms with Crippen LogP contribution in [0.15, 0.2) is 54.7 Å². The summed E-state index contributed by atoms with van der Waals surface area (Å²) in [5, 5.41) is 5.78. The zero-order valence-electron chi connectivity index (χ0n) is 24.1. The Kier molecular flexibility index (Phi) is 6.95. The van der Waals surface area contributed by atoms with Crippen LogP contribution in [-0.2, 0) is 42.1 Å². The molecule has 1 aromatic heterocycles. The van der Waals surface area contributed by atoms with Crippen LogP contribution in [0.25, 0.3) is 0 Å². The highest BCUT2D eigenvalue weighted by molar-refractivity contribution is 6.06. The number of carbonyl (C=O) groups excluding carboxylic acids is 3. The van der Waals surface area contributed by atoms with Crippen LogP contribution in [0.4, 0.5) is 20.3 Å². The van der Waals surface area contributed by atoms with E-state index in [2.05, 4.69) is 15.6 Å². The number of anilines is 2. The molecule has 2 spiro atoms. The van der Waals surface area contributed by atoms with E-state index >= 15 is 0 Å². The molecule has 12 heteroatoms. The number of likely N-dealkylation sites (N-methyl/N-ethyl adjacent to an activating group) is 1. The average Bonchev–Trinajstić information content (AvgIpc) is 3.37. The second-order valence-corrected chi connectivity index (χ2v) is 12.0. The zero-order chi connectivity index (χ0) is 30.6. The van der Waals surface area contributed by atoms with Crippen LogP contribution in [0.5, 0.6) is 0 Å². The minimum absolute atomic E-state index is 0.0590. The van der Waals surface area contributed by atoms with Gasteiger partial charge in [-0.05, 0) is 66.9 Å². The molecule has 0 bridgehead atoms. The average molecular weight is 604 g/mol. The quantitative estimate of drug-likeness (QED) is 0.472. The lowest BCUT2D eigenvalue weighted by molar-refractivity contribution is -0.164. The van der Waals surface area contributed by atoms with Gasteiger partial charge >= 0.3 is 0 Å². The Morgan fingerprint density at radius 3 is 2.52 bits per heavy atom. The fourth-order valence-electron chi connectivity index (χ4n) is 7.03. The molecule has 2 N–H and O–H groups in total. The van der Waals surface area contributed by atoms with Crippen LogP contribution in [0.1, 0.15) is 28.3 Å². The largest absolute Gasteiger partial charge is 0.376 e. The number of aromatic nitrogens is 1. The number of hydrogen-bond donors (Lipinski definition) is 2. The number of ether oxygens (including phenoxy) is 2.